The molecule has 70 valence electrons. The zero-order valence-corrected chi connectivity index (χ0v) is 8.11. The highest BCUT2D eigenvalue weighted by Gasteiger charge is 2.26. The number of hydrogen-bond acceptors (Lipinski definition) is 5. The predicted molar refractivity (Wildman–Crippen MR) is 50.1 cm³/mol. The summed E-state index contributed by atoms with van der Waals surface area (Å²) in [6, 6.07) is -0.731. The van der Waals surface area contributed by atoms with E-state index in [-0.39, 0.29) is 6.61 Å². The summed E-state index contributed by atoms with van der Waals surface area (Å²) in [5, 5.41) is 18.5. The second-order valence-corrected chi connectivity index (χ2v) is 4.69. The molecule has 1 aliphatic rings. The van der Waals surface area contributed by atoms with Crippen molar-refractivity contribution in [2.45, 2.75) is 6.04 Å². The van der Waals surface area contributed by atoms with Crippen molar-refractivity contribution in [3.05, 3.63) is 0 Å². The molecule has 0 aromatic rings. The Hall–Kier alpha value is 0.0900. The molecule has 0 amide bonds. The van der Waals surface area contributed by atoms with Crippen LogP contribution in [0.4, 0.5) is 0 Å². The van der Waals surface area contributed by atoms with Gasteiger partial charge in [0, 0.05) is 16.8 Å². The fourth-order valence-electron chi connectivity index (χ4n) is 0.935. The molecule has 1 atom stereocenters. The average Bonchev–Trinajstić information content (AvgIpc) is 2.07. The Morgan fingerprint density at radius 3 is 2.50 bits per heavy atom. The lowest BCUT2D eigenvalue weighted by Crippen LogP contribution is -2.44. The molecule has 1 heterocycles. The third-order valence-corrected chi connectivity index (χ3v) is 3.94. The van der Waals surface area contributed by atoms with Gasteiger partial charge in [-0.2, -0.15) is 0 Å². The SMILES string of the molecule is O=C(O)C(CO)N1CSCSC1. The summed E-state index contributed by atoms with van der Waals surface area (Å²) in [5.74, 6) is 0.454. The molecule has 1 fully saturated rings. The summed E-state index contributed by atoms with van der Waals surface area (Å²) in [6.45, 7) is -0.309. The van der Waals surface area contributed by atoms with Crippen LogP contribution in [0, 0.1) is 0 Å². The molecule has 2 N–H and O–H groups in total. The second-order valence-electron chi connectivity index (χ2n) is 2.41. The Bertz CT molecular complexity index is 161. The van der Waals surface area contributed by atoms with Crippen LogP contribution in [0.2, 0.25) is 0 Å². The van der Waals surface area contributed by atoms with Gasteiger partial charge < -0.3 is 10.2 Å². The van der Waals surface area contributed by atoms with Crippen LogP contribution in [0.15, 0.2) is 0 Å². The Kier molecular flexibility index (Phi) is 4.20. The van der Waals surface area contributed by atoms with E-state index in [9.17, 15) is 4.79 Å². The largest absolute Gasteiger partial charge is 0.480 e. The third kappa shape index (κ3) is 2.55. The van der Waals surface area contributed by atoms with Crippen LogP contribution in [0.5, 0.6) is 0 Å². The van der Waals surface area contributed by atoms with E-state index in [1.807, 2.05) is 0 Å². The van der Waals surface area contributed by atoms with Crippen molar-refractivity contribution >= 4 is 29.5 Å². The molecule has 12 heavy (non-hydrogen) atoms. The van der Waals surface area contributed by atoms with Crippen LogP contribution < -0.4 is 0 Å². The minimum Gasteiger partial charge on any atom is -0.480 e. The van der Waals surface area contributed by atoms with Gasteiger partial charge in [0.1, 0.15) is 6.04 Å². The standard InChI is InChI=1S/C6H11NO3S2/c8-1-5(6(9)10)7-2-11-4-12-3-7/h5,8H,1-4H2,(H,9,10). The van der Waals surface area contributed by atoms with Crippen molar-refractivity contribution in [3.8, 4) is 0 Å². The van der Waals surface area contributed by atoms with Gasteiger partial charge in [-0.05, 0) is 0 Å². The molecule has 0 bridgehead atoms. The highest BCUT2D eigenvalue weighted by atomic mass is 32.2. The molecule has 6 heteroatoms. The van der Waals surface area contributed by atoms with Gasteiger partial charge in [-0.1, -0.05) is 0 Å². The molecule has 0 aromatic heterocycles. The van der Waals surface area contributed by atoms with Crippen molar-refractivity contribution in [2.75, 3.05) is 23.4 Å². The number of carbonyl (C=O) groups is 1. The second kappa shape index (κ2) is 4.96. The molecular weight excluding hydrogens is 198 g/mol. The summed E-state index contributed by atoms with van der Waals surface area (Å²) in [4.78, 5) is 12.4. The highest BCUT2D eigenvalue weighted by Crippen LogP contribution is 2.23. The third-order valence-electron chi connectivity index (χ3n) is 1.58. The first-order valence-corrected chi connectivity index (χ1v) is 5.80. The summed E-state index contributed by atoms with van der Waals surface area (Å²) >= 11 is 3.36. The van der Waals surface area contributed by atoms with Crippen LogP contribution in [0.1, 0.15) is 0 Å². The van der Waals surface area contributed by atoms with E-state index in [1.165, 1.54) is 0 Å². The van der Waals surface area contributed by atoms with Crippen LogP contribution in [-0.2, 0) is 4.79 Å². The van der Waals surface area contributed by atoms with Gasteiger partial charge >= 0.3 is 5.97 Å². The number of rotatable bonds is 3. The van der Waals surface area contributed by atoms with Gasteiger partial charge in [0.05, 0.1) is 6.61 Å². The topological polar surface area (TPSA) is 60.8 Å². The minimum atomic E-state index is -0.944. The number of carboxylic acid groups (broad SMARTS) is 1. The molecule has 0 saturated carbocycles. The van der Waals surface area contributed by atoms with E-state index < -0.39 is 12.0 Å². The van der Waals surface area contributed by atoms with Gasteiger partial charge in [0.25, 0.3) is 0 Å². The Morgan fingerprint density at radius 1 is 1.50 bits per heavy atom. The quantitative estimate of drug-likeness (QED) is 0.687. The van der Waals surface area contributed by atoms with Crippen molar-refractivity contribution in [1.82, 2.24) is 4.90 Å². The summed E-state index contributed by atoms with van der Waals surface area (Å²) in [6.07, 6.45) is 0. The first kappa shape index (κ1) is 10.2. The number of carboxylic acids is 1. The summed E-state index contributed by atoms with van der Waals surface area (Å²) in [5.41, 5.74) is 0. The number of aliphatic hydroxyl groups excluding tert-OH is 1. The fourth-order valence-corrected chi connectivity index (χ4v) is 3.13. The summed E-state index contributed by atoms with van der Waals surface area (Å²) in [7, 11) is 0. The lowest BCUT2D eigenvalue weighted by molar-refractivity contribution is -0.143. The smallest absolute Gasteiger partial charge is 0.323 e. The molecule has 1 aliphatic heterocycles. The Morgan fingerprint density at radius 2 is 2.08 bits per heavy atom. The number of hydrogen-bond donors (Lipinski definition) is 2. The normalized spacial score (nSPS) is 22.1. The van der Waals surface area contributed by atoms with Gasteiger partial charge in [-0.25, -0.2) is 0 Å². The van der Waals surface area contributed by atoms with E-state index in [2.05, 4.69) is 0 Å². The van der Waals surface area contributed by atoms with Crippen molar-refractivity contribution in [1.29, 1.82) is 0 Å². The van der Waals surface area contributed by atoms with Crippen LogP contribution in [0.3, 0.4) is 0 Å². The molecule has 1 unspecified atom stereocenters. The van der Waals surface area contributed by atoms with Crippen molar-refractivity contribution in [3.63, 3.8) is 0 Å². The Labute approximate surface area is 79.3 Å². The molecule has 0 spiro atoms. The first-order valence-electron chi connectivity index (χ1n) is 3.49. The number of aliphatic hydroxyl groups is 1. The van der Waals surface area contributed by atoms with Crippen molar-refractivity contribution in [2.24, 2.45) is 0 Å². The van der Waals surface area contributed by atoms with Gasteiger partial charge in [0.2, 0.25) is 0 Å². The van der Waals surface area contributed by atoms with E-state index in [1.54, 1.807) is 28.4 Å². The maximum absolute atomic E-state index is 10.6. The van der Waals surface area contributed by atoms with E-state index in [0.717, 1.165) is 5.08 Å². The van der Waals surface area contributed by atoms with E-state index >= 15 is 0 Å². The lowest BCUT2D eigenvalue weighted by Gasteiger charge is -2.29. The maximum Gasteiger partial charge on any atom is 0.323 e. The minimum absolute atomic E-state index is 0.309. The maximum atomic E-state index is 10.6. The molecule has 0 aromatic carbocycles. The van der Waals surface area contributed by atoms with E-state index in [0.29, 0.717) is 11.8 Å². The number of thioether (sulfide) groups is 2. The Balaban J connectivity index is 2.46. The molecule has 1 rings (SSSR count). The lowest BCUT2D eigenvalue weighted by atomic mass is 10.3. The van der Waals surface area contributed by atoms with Crippen LogP contribution >= 0.6 is 23.5 Å². The average molecular weight is 209 g/mol. The molecular formula is C6H11NO3S2. The molecule has 4 nitrogen and oxygen atoms in total. The molecule has 0 radical (unpaired) electrons. The fraction of sp³-hybridized carbons (Fsp3) is 0.833. The first-order chi connectivity index (χ1) is 5.75. The van der Waals surface area contributed by atoms with Crippen LogP contribution in [0.25, 0.3) is 0 Å². The monoisotopic (exact) mass is 209 g/mol. The zero-order chi connectivity index (χ0) is 8.97. The highest BCUT2D eigenvalue weighted by molar-refractivity contribution is 8.16. The zero-order valence-electron chi connectivity index (χ0n) is 6.47. The number of nitrogens with zero attached hydrogens (tertiary/aromatic N) is 1. The molecule has 1 saturated heterocycles. The summed E-state index contributed by atoms with van der Waals surface area (Å²) < 4.78 is 0. The van der Waals surface area contributed by atoms with E-state index in [4.69, 9.17) is 10.2 Å². The van der Waals surface area contributed by atoms with Crippen LogP contribution in [-0.4, -0.2) is 50.6 Å². The predicted octanol–water partition coefficient (Wildman–Crippen LogP) is 0.0864. The van der Waals surface area contributed by atoms with Gasteiger partial charge in [-0.3, -0.25) is 9.69 Å². The van der Waals surface area contributed by atoms with Gasteiger partial charge in [-0.15, -0.1) is 23.5 Å². The molecule has 0 aliphatic carbocycles. The van der Waals surface area contributed by atoms with Crippen molar-refractivity contribution < 1.29 is 15.0 Å². The number of aliphatic carboxylic acids is 1. The van der Waals surface area contributed by atoms with Gasteiger partial charge in [0.15, 0.2) is 0 Å².